The number of hydrogen-bond donors (Lipinski definition) is 0. The van der Waals surface area contributed by atoms with Crippen LogP contribution in [-0.4, -0.2) is 7.11 Å². The van der Waals surface area contributed by atoms with Crippen LogP contribution in [0.3, 0.4) is 0 Å². The Morgan fingerprint density at radius 3 is 1.44 bits per heavy atom. The van der Waals surface area contributed by atoms with E-state index >= 15 is 0 Å². The van der Waals surface area contributed by atoms with Crippen molar-refractivity contribution in [2.24, 2.45) is 0 Å². The van der Waals surface area contributed by atoms with Crippen molar-refractivity contribution in [1.82, 2.24) is 0 Å². The first-order valence-electron chi connectivity index (χ1n) is 10.7. The standard InChI is InChI=1S/C29H28O2S/c1-21-5-17-27(18-6-21)32-28-19-15-26(16-20-28)31-25-13-9-23(10-14-25)29(2,3)22-7-11-24(30-4)12-8-22/h5-20H,1-4H3. The van der Waals surface area contributed by atoms with Crippen molar-refractivity contribution in [2.75, 3.05) is 7.11 Å². The van der Waals surface area contributed by atoms with E-state index < -0.39 is 0 Å². The molecule has 0 atom stereocenters. The van der Waals surface area contributed by atoms with Crippen LogP contribution in [0.2, 0.25) is 0 Å². The van der Waals surface area contributed by atoms with E-state index in [1.165, 1.54) is 26.5 Å². The van der Waals surface area contributed by atoms with E-state index in [4.69, 9.17) is 9.47 Å². The van der Waals surface area contributed by atoms with Gasteiger partial charge in [0.25, 0.3) is 0 Å². The third kappa shape index (κ3) is 5.17. The van der Waals surface area contributed by atoms with Gasteiger partial charge in [-0.2, -0.15) is 0 Å². The number of aryl methyl sites for hydroxylation is 1. The van der Waals surface area contributed by atoms with Gasteiger partial charge >= 0.3 is 0 Å². The van der Waals surface area contributed by atoms with E-state index in [1.807, 2.05) is 36.4 Å². The molecule has 0 amide bonds. The molecule has 3 heteroatoms. The lowest BCUT2D eigenvalue weighted by molar-refractivity contribution is 0.414. The monoisotopic (exact) mass is 440 g/mol. The summed E-state index contributed by atoms with van der Waals surface area (Å²) in [5.41, 5.74) is 3.64. The van der Waals surface area contributed by atoms with Crippen molar-refractivity contribution in [1.29, 1.82) is 0 Å². The maximum absolute atomic E-state index is 6.08. The molecular formula is C29H28O2S. The molecule has 0 radical (unpaired) electrons. The summed E-state index contributed by atoms with van der Waals surface area (Å²) in [6.45, 7) is 6.57. The average molecular weight is 441 g/mol. The Labute approximate surface area is 195 Å². The molecule has 0 spiro atoms. The molecule has 32 heavy (non-hydrogen) atoms. The number of methoxy groups -OCH3 is 1. The summed E-state index contributed by atoms with van der Waals surface area (Å²) in [7, 11) is 1.69. The zero-order valence-corrected chi connectivity index (χ0v) is 19.8. The number of ether oxygens (including phenoxy) is 2. The summed E-state index contributed by atoms with van der Waals surface area (Å²) in [6, 6.07) is 33.4. The molecule has 4 aromatic rings. The van der Waals surface area contributed by atoms with Gasteiger partial charge in [0.15, 0.2) is 0 Å². The maximum atomic E-state index is 6.08. The summed E-state index contributed by atoms with van der Waals surface area (Å²) >= 11 is 1.75. The van der Waals surface area contributed by atoms with Crippen LogP contribution in [0.15, 0.2) is 107 Å². The van der Waals surface area contributed by atoms with E-state index in [-0.39, 0.29) is 5.41 Å². The second-order valence-corrected chi connectivity index (χ2v) is 9.51. The molecule has 0 aliphatic carbocycles. The van der Waals surface area contributed by atoms with E-state index in [1.54, 1.807) is 18.9 Å². The van der Waals surface area contributed by atoms with E-state index in [0.29, 0.717) is 0 Å². The van der Waals surface area contributed by atoms with Gasteiger partial charge in [-0.15, -0.1) is 0 Å². The molecule has 4 rings (SSSR count). The highest BCUT2D eigenvalue weighted by atomic mass is 32.2. The zero-order chi connectivity index (χ0) is 22.6. The van der Waals surface area contributed by atoms with Gasteiger partial charge < -0.3 is 9.47 Å². The maximum Gasteiger partial charge on any atom is 0.127 e. The molecule has 0 saturated heterocycles. The van der Waals surface area contributed by atoms with Gasteiger partial charge in [0.05, 0.1) is 7.11 Å². The Morgan fingerprint density at radius 2 is 0.969 bits per heavy atom. The van der Waals surface area contributed by atoms with E-state index in [2.05, 4.69) is 81.4 Å². The molecular weight excluding hydrogens is 412 g/mol. The summed E-state index contributed by atoms with van der Waals surface area (Å²) in [5.74, 6) is 2.54. The van der Waals surface area contributed by atoms with Gasteiger partial charge in [-0.05, 0) is 78.7 Å². The molecule has 0 aromatic heterocycles. The molecule has 0 saturated carbocycles. The minimum absolute atomic E-state index is 0.111. The van der Waals surface area contributed by atoms with Crippen molar-refractivity contribution in [3.05, 3.63) is 114 Å². The Balaban J connectivity index is 1.42. The largest absolute Gasteiger partial charge is 0.497 e. The van der Waals surface area contributed by atoms with Gasteiger partial charge in [0.2, 0.25) is 0 Å². The molecule has 0 unspecified atom stereocenters. The second kappa shape index (κ2) is 9.54. The molecule has 0 bridgehead atoms. The van der Waals surface area contributed by atoms with Crippen molar-refractivity contribution in [3.8, 4) is 17.2 Å². The van der Waals surface area contributed by atoms with Gasteiger partial charge in [0.1, 0.15) is 17.2 Å². The van der Waals surface area contributed by atoms with Crippen LogP contribution < -0.4 is 9.47 Å². The van der Waals surface area contributed by atoms with Crippen LogP contribution in [0.4, 0.5) is 0 Å². The fourth-order valence-electron chi connectivity index (χ4n) is 3.57. The second-order valence-electron chi connectivity index (χ2n) is 8.37. The SMILES string of the molecule is COc1ccc(C(C)(C)c2ccc(Oc3ccc(Sc4ccc(C)cc4)cc3)cc2)cc1. The van der Waals surface area contributed by atoms with Crippen molar-refractivity contribution in [2.45, 2.75) is 36.0 Å². The Kier molecular flexibility index (Phi) is 6.57. The highest BCUT2D eigenvalue weighted by Gasteiger charge is 2.23. The minimum atomic E-state index is -0.111. The van der Waals surface area contributed by atoms with Crippen LogP contribution in [0.5, 0.6) is 17.2 Å². The molecule has 162 valence electrons. The van der Waals surface area contributed by atoms with Crippen LogP contribution in [0.25, 0.3) is 0 Å². The van der Waals surface area contributed by atoms with E-state index in [9.17, 15) is 0 Å². The molecule has 2 nitrogen and oxygen atoms in total. The summed E-state index contributed by atoms with van der Waals surface area (Å²) in [6.07, 6.45) is 0. The highest BCUT2D eigenvalue weighted by molar-refractivity contribution is 7.99. The molecule has 4 aromatic carbocycles. The summed E-state index contributed by atoms with van der Waals surface area (Å²) in [4.78, 5) is 2.43. The predicted octanol–water partition coefficient (Wildman–Crippen LogP) is 8.27. The van der Waals surface area contributed by atoms with Crippen molar-refractivity contribution in [3.63, 3.8) is 0 Å². The lowest BCUT2D eigenvalue weighted by Crippen LogP contribution is -2.18. The molecule has 0 aliphatic heterocycles. The van der Waals surface area contributed by atoms with Crippen molar-refractivity contribution < 1.29 is 9.47 Å². The van der Waals surface area contributed by atoms with Crippen LogP contribution in [-0.2, 0) is 5.41 Å². The first-order chi connectivity index (χ1) is 15.4. The molecule has 0 heterocycles. The zero-order valence-electron chi connectivity index (χ0n) is 19.0. The van der Waals surface area contributed by atoms with Crippen LogP contribution in [0, 0.1) is 6.92 Å². The Bertz CT molecular complexity index is 1140. The summed E-state index contributed by atoms with van der Waals surface area (Å²) in [5, 5.41) is 0. The normalized spacial score (nSPS) is 11.2. The number of benzene rings is 4. The third-order valence-corrected chi connectivity index (χ3v) is 6.72. The molecule has 0 aliphatic rings. The van der Waals surface area contributed by atoms with Gasteiger partial charge in [-0.3, -0.25) is 0 Å². The fourth-order valence-corrected chi connectivity index (χ4v) is 4.38. The third-order valence-electron chi connectivity index (χ3n) is 5.70. The topological polar surface area (TPSA) is 18.5 Å². The first-order valence-corrected chi connectivity index (χ1v) is 11.5. The first kappa shape index (κ1) is 22.0. The van der Waals surface area contributed by atoms with Crippen molar-refractivity contribution >= 4 is 11.8 Å². The van der Waals surface area contributed by atoms with Gasteiger partial charge in [0, 0.05) is 15.2 Å². The fraction of sp³-hybridized carbons (Fsp3) is 0.172. The number of rotatable bonds is 7. The Hall–Kier alpha value is -3.17. The molecule has 0 fully saturated rings. The minimum Gasteiger partial charge on any atom is -0.497 e. The highest BCUT2D eigenvalue weighted by Crippen LogP contribution is 2.34. The summed E-state index contributed by atoms with van der Waals surface area (Å²) < 4.78 is 11.4. The lowest BCUT2D eigenvalue weighted by atomic mass is 9.78. The molecule has 0 N–H and O–H groups in total. The van der Waals surface area contributed by atoms with Crippen LogP contribution in [0.1, 0.15) is 30.5 Å². The van der Waals surface area contributed by atoms with Gasteiger partial charge in [-0.1, -0.05) is 67.6 Å². The van der Waals surface area contributed by atoms with Gasteiger partial charge in [-0.25, -0.2) is 0 Å². The quantitative estimate of drug-likeness (QED) is 0.288. The van der Waals surface area contributed by atoms with Crippen LogP contribution >= 0.6 is 11.8 Å². The lowest BCUT2D eigenvalue weighted by Gasteiger charge is -2.26. The number of hydrogen-bond acceptors (Lipinski definition) is 3. The van der Waals surface area contributed by atoms with E-state index in [0.717, 1.165) is 17.2 Å². The average Bonchev–Trinajstić information content (AvgIpc) is 2.82. The predicted molar refractivity (Wildman–Crippen MR) is 133 cm³/mol. The Morgan fingerprint density at radius 1 is 0.562 bits per heavy atom. The smallest absolute Gasteiger partial charge is 0.127 e.